The molecule has 0 bridgehead atoms. The van der Waals surface area contributed by atoms with Gasteiger partial charge in [0.25, 0.3) is 20.2 Å². The SMILES string of the molecule is C/N=N/c1c(S(=O)(=O)O)cc2cc(SOOO)c(/N=N/c3ccc(CCCOSOOO)cc3S(=O)(=O)O)c(O)c2c1N. The highest BCUT2D eigenvalue weighted by Crippen LogP contribution is 2.49. The van der Waals surface area contributed by atoms with Gasteiger partial charge in [-0.1, -0.05) is 16.1 Å². The van der Waals surface area contributed by atoms with Crippen LogP contribution in [-0.2, 0) is 49.6 Å². The highest BCUT2D eigenvalue weighted by Gasteiger charge is 2.25. The summed E-state index contributed by atoms with van der Waals surface area (Å²) < 4.78 is 81.0. The number of phenols is 1. The largest absolute Gasteiger partial charge is 0.505 e. The molecule has 0 aliphatic heterocycles. The molecule has 0 radical (unpaired) electrons. The summed E-state index contributed by atoms with van der Waals surface area (Å²) in [5.74, 6) is -0.726. The summed E-state index contributed by atoms with van der Waals surface area (Å²) in [4.78, 5) is -1.52. The zero-order valence-electron chi connectivity index (χ0n) is 21.4. The first kappa shape index (κ1) is 34.5. The second kappa shape index (κ2) is 15.1. The van der Waals surface area contributed by atoms with Crippen LogP contribution in [0, 0.1) is 0 Å². The minimum atomic E-state index is -4.87. The highest BCUT2D eigenvalue weighted by molar-refractivity contribution is 7.94. The highest BCUT2D eigenvalue weighted by atomic mass is 32.2. The molecule has 7 N–H and O–H groups in total. The molecule has 0 spiro atoms. The van der Waals surface area contributed by atoms with Crippen molar-refractivity contribution in [3.8, 4) is 5.75 Å². The Balaban J connectivity index is 2.13. The maximum absolute atomic E-state index is 12.1. The van der Waals surface area contributed by atoms with E-state index in [9.17, 15) is 31.0 Å². The Morgan fingerprint density at radius 3 is 2.23 bits per heavy atom. The maximum Gasteiger partial charge on any atom is 0.296 e. The molecule has 0 amide bonds. The Labute approximate surface area is 251 Å². The lowest BCUT2D eigenvalue weighted by Crippen LogP contribution is -2.02. The Morgan fingerprint density at radius 2 is 1.60 bits per heavy atom. The van der Waals surface area contributed by atoms with Gasteiger partial charge in [0.1, 0.15) is 26.9 Å². The first-order valence-corrected chi connectivity index (χ1v) is 15.4. The van der Waals surface area contributed by atoms with E-state index in [0.29, 0.717) is 24.3 Å². The zero-order chi connectivity index (χ0) is 31.8. The van der Waals surface area contributed by atoms with E-state index in [1.165, 1.54) is 25.2 Å². The first-order chi connectivity index (χ1) is 20.3. The Bertz CT molecular complexity index is 1750. The van der Waals surface area contributed by atoms with Gasteiger partial charge in [-0.05, 0) is 48.1 Å². The number of aromatic hydroxyl groups is 1. The summed E-state index contributed by atoms with van der Waals surface area (Å²) in [5, 5.41) is 49.3. The van der Waals surface area contributed by atoms with Gasteiger partial charge in [-0.15, -0.1) is 18.9 Å². The number of hydrogen-bond acceptors (Lipinski definition) is 19. The van der Waals surface area contributed by atoms with Crippen LogP contribution in [0.2, 0.25) is 0 Å². The van der Waals surface area contributed by atoms with Gasteiger partial charge in [-0.3, -0.25) is 13.3 Å². The van der Waals surface area contributed by atoms with E-state index in [1.54, 1.807) is 0 Å². The van der Waals surface area contributed by atoms with Gasteiger partial charge < -0.3 is 10.8 Å². The maximum atomic E-state index is 12.1. The summed E-state index contributed by atoms with van der Waals surface area (Å²) in [5.41, 5.74) is 4.85. The van der Waals surface area contributed by atoms with Crippen LogP contribution in [-0.4, -0.2) is 55.2 Å². The number of hydrogen-bond donors (Lipinski definition) is 6. The van der Waals surface area contributed by atoms with Gasteiger partial charge in [0, 0.05) is 7.05 Å². The molecule has 0 aliphatic rings. The van der Waals surface area contributed by atoms with Gasteiger partial charge in [-0.25, -0.2) is 10.5 Å². The summed E-state index contributed by atoms with van der Waals surface area (Å²) in [6.45, 7) is 0.119. The van der Waals surface area contributed by atoms with Crippen molar-refractivity contribution in [2.24, 2.45) is 20.5 Å². The van der Waals surface area contributed by atoms with E-state index in [0.717, 1.165) is 12.1 Å². The average Bonchev–Trinajstić information content (AvgIpc) is 2.93. The van der Waals surface area contributed by atoms with E-state index in [-0.39, 0.29) is 46.4 Å². The predicted molar refractivity (Wildman–Crippen MR) is 148 cm³/mol. The third kappa shape index (κ3) is 8.76. The summed E-state index contributed by atoms with van der Waals surface area (Å²) in [7, 11) is -8.50. The first-order valence-electron chi connectivity index (χ1n) is 11.2. The van der Waals surface area contributed by atoms with Crippen LogP contribution in [0.1, 0.15) is 12.0 Å². The van der Waals surface area contributed by atoms with Crippen LogP contribution in [0.15, 0.2) is 65.5 Å². The minimum absolute atomic E-state index is 0.0681. The quantitative estimate of drug-likeness (QED) is 0.0230. The number of benzene rings is 3. The topological polar surface area (TPSA) is 291 Å². The lowest BCUT2D eigenvalue weighted by atomic mass is 10.1. The molecule has 0 aliphatic carbocycles. The molecule has 23 heteroatoms. The molecule has 0 saturated carbocycles. The monoisotopic (exact) mass is 683 g/mol. The third-order valence-corrected chi connectivity index (χ3v) is 8.05. The number of nitrogens with zero attached hydrogens (tertiary/aromatic N) is 4. The summed E-state index contributed by atoms with van der Waals surface area (Å²) >= 11 is 0.653. The number of nitrogen functional groups attached to an aromatic ring is 1. The molecule has 3 aromatic carbocycles. The van der Waals surface area contributed by atoms with Gasteiger partial charge in [0.15, 0.2) is 18.1 Å². The van der Waals surface area contributed by atoms with Gasteiger partial charge in [0.2, 0.25) is 0 Å². The fraction of sp³-hybridized carbons (Fsp3) is 0.200. The number of nitrogens with two attached hydrogens (primary N) is 1. The molecule has 0 unspecified atom stereocenters. The van der Waals surface area contributed by atoms with Crippen molar-refractivity contribution >= 4 is 78.1 Å². The Kier molecular flexibility index (Phi) is 12.1. The fourth-order valence-corrected chi connectivity index (χ4v) is 5.72. The van der Waals surface area contributed by atoms with Crippen molar-refractivity contribution in [1.82, 2.24) is 0 Å². The van der Waals surface area contributed by atoms with Crippen molar-refractivity contribution in [1.29, 1.82) is 0 Å². The molecule has 0 aromatic heterocycles. The number of anilines is 1. The number of azo groups is 2. The van der Waals surface area contributed by atoms with E-state index < -0.39 is 52.8 Å². The third-order valence-electron chi connectivity index (χ3n) is 5.31. The molecule has 3 aromatic rings. The molecule has 3 rings (SSSR count). The van der Waals surface area contributed by atoms with Gasteiger partial charge in [0.05, 0.1) is 34.6 Å². The lowest BCUT2D eigenvalue weighted by molar-refractivity contribution is -0.434. The van der Waals surface area contributed by atoms with Crippen molar-refractivity contribution in [3.63, 3.8) is 0 Å². The van der Waals surface area contributed by atoms with Crippen LogP contribution >= 0.6 is 24.4 Å². The fourth-order valence-electron chi connectivity index (χ4n) is 3.63. The van der Waals surface area contributed by atoms with Gasteiger partial charge in [-0.2, -0.15) is 27.1 Å². The molecule has 19 nitrogen and oxygen atoms in total. The second-order valence-electron chi connectivity index (χ2n) is 7.92. The normalized spacial score (nSPS) is 12.7. The van der Waals surface area contributed by atoms with Crippen LogP contribution in [0.5, 0.6) is 5.75 Å². The number of fused-ring (bicyclic) bond motifs is 1. The van der Waals surface area contributed by atoms with Crippen LogP contribution in [0.25, 0.3) is 10.8 Å². The predicted octanol–water partition coefficient (Wildman–Crippen LogP) is 5.11. The Hall–Kier alpha value is -3.04. The van der Waals surface area contributed by atoms with Crippen molar-refractivity contribution in [3.05, 3.63) is 35.9 Å². The van der Waals surface area contributed by atoms with Gasteiger partial charge >= 0.3 is 0 Å². The molecule has 234 valence electrons. The lowest BCUT2D eigenvalue weighted by Gasteiger charge is -2.14. The molecule has 0 fully saturated rings. The molecule has 43 heavy (non-hydrogen) atoms. The molecule has 0 heterocycles. The standard InChI is InChI=1S/C20H21N5O14S4/c1-22-24-19-15(43(32,33)34)9-11-8-13(40-38-36-27)18(20(26)16(11)17(19)21)25-23-12-5-4-10(7-14(12)42(29,30)31)3-2-6-35-41-39-37-28/h4-5,7-9,26-28H,2-3,6,21H2,1H3,(H,29,30,31)(H,32,33,34)/b24-22+,25-23+. The van der Waals surface area contributed by atoms with Crippen LogP contribution in [0.4, 0.5) is 22.7 Å². The smallest absolute Gasteiger partial charge is 0.296 e. The molecule has 0 saturated heterocycles. The van der Waals surface area contributed by atoms with Crippen molar-refractivity contribution < 1.29 is 64.5 Å². The van der Waals surface area contributed by atoms with E-state index >= 15 is 0 Å². The Morgan fingerprint density at radius 1 is 0.907 bits per heavy atom. The average molecular weight is 684 g/mol. The number of aryl methyl sites for hydroxylation is 1. The van der Waals surface area contributed by atoms with Crippen LogP contribution < -0.4 is 5.73 Å². The number of phenolic OH excluding ortho intramolecular Hbond substituents is 1. The molecular weight excluding hydrogens is 663 g/mol. The second-order valence-corrected chi connectivity index (χ2v) is 12.0. The van der Waals surface area contributed by atoms with Crippen molar-refractivity contribution in [2.75, 3.05) is 19.4 Å². The number of rotatable bonds is 15. The van der Waals surface area contributed by atoms with Crippen molar-refractivity contribution in [2.45, 2.75) is 27.5 Å². The van der Waals surface area contributed by atoms with E-state index in [2.05, 4.69) is 39.2 Å². The van der Waals surface area contributed by atoms with E-state index in [1.807, 2.05) is 0 Å². The summed E-state index contributed by atoms with van der Waals surface area (Å²) in [6, 6.07) is 5.96. The summed E-state index contributed by atoms with van der Waals surface area (Å²) in [6.07, 6.45) is 0.653. The minimum Gasteiger partial charge on any atom is -0.505 e. The van der Waals surface area contributed by atoms with E-state index in [4.69, 9.17) is 20.4 Å². The van der Waals surface area contributed by atoms with Crippen LogP contribution in [0.3, 0.4) is 0 Å². The zero-order valence-corrected chi connectivity index (χ0v) is 24.7. The molecule has 0 atom stereocenters. The molecular formula is C20H21N5O14S4.